The van der Waals surface area contributed by atoms with E-state index in [1.807, 2.05) is 44.2 Å². The molecule has 3 rings (SSSR count). The molecule has 3 nitrogen and oxygen atoms in total. The van der Waals surface area contributed by atoms with E-state index in [2.05, 4.69) is 16.4 Å². The average molecular weight is 377 g/mol. The van der Waals surface area contributed by atoms with E-state index in [1.165, 1.54) is 17.3 Å². The van der Waals surface area contributed by atoms with Crippen LogP contribution < -0.4 is 5.32 Å². The summed E-state index contributed by atoms with van der Waals surface area (Å²) in [5, 5.41) is 3.48. The molecule has 0 radical (unpaired) electrons. The number of aryl methyl sites for hydroxylation is 2. The number of carbonyl (C=O) groups is 1. The Labute approximate surface area is 155 Å². The van der Waals surface area contributed by atoms with Gasteiger partial charge in [0.15, 0.2) is 0 Å². The molecule has 0 atom stereocenters. The molecule has 0 aromatic heterocycles. The standard InChI is InChI=1S/C18H17ClN2OS2/c1-11-7-12(2)17(14(19)8-11)21-16(22)10-24-18-20-15-6-4-3-5-13(15)9-23-18/h3-8H,9-10H2,1-2H3,(H,21,22). The van der Waals surface area contributed by atoms with Crippen molar-refractivity contribution in [1.29, 1.82) is 0 Å². The third kappa shape index (κ3) is 4.15. The van der Waals surface area contributed by atoms with Crippen LogP contribution in [-0.4, -0.2) is 16.0 Å². The third-order valence-electron chi connectivity index (χ3n) is 3.58. The molecular weight excluding hydrogens is 360 g/mol. The number of benzene rings is 2. The van der Waals surface area contributed by atoms with Crippen molar-refractivity contribution in [2.24, 2.45) is 4.99 Å². The van der Waals surface area contributed by atoms with E-state index in [1.54, 1.807) is 11.8 Å². The first-order valence-corrected chi connectivity index (χ1v) is 9.86. The summed E-state index contributed by atoms with van der Waals surface area (Å²) in [5.41, 5.74) is 4.97. The Morgan fingerprint density at radius 2 is 2.12 bits per heavy atom. The van der Waals surface area contributed by atoms with Crippen molar-refractivity contribution >= 4 is 56.8 Å². The van der Waals surface area contributed by atoms with E-state index in [9.17, 15) is 4.79 Å². The summed E-state index contributed by atoms with van der Waals surface area (Å²) in [5.74, 6) is 1.14. The number of thioether (sulfide) groups is 2. The number of nitrogens with one attached hydrogen (secondary N) is 1. The second-order valence-electron chi connectivity index (χ2n) is 5.57. The number of amides is 1. The predicted octanol–water partition coefficient (Wildman–Crippen LogP) is 5.56. The normalized spacial score (nSPS) is 13.2. The molecule has 0 spiro atoms. The fraction of sp³-hybridized carbons (Fsp3) is 0.222. The number of halogens is 1. The van der Waals surface area contributed by atoms with Gasteiger partial charge in [0.1, 0.15) is 4.38 Å². The number of hydrogen-bond donors (Lipinski definition) is 1. The number of rotatable bonds is 3. The Kier molecular flexibility index (Phi) is 5.54. The topological polar surface area (TPSA) is 41.5 Å². The molecule has 0 bridgehead atoms. The van der Waals surface area contributed by atoms with E-state index in [4.69, 9.17) is 11.6 Å². The van der Waals surface area contributed by atoms with E-state index in [-0.39, 0.29) is 5.91 Å². The van der Waals surface area contributed by atoms with Crippen LogP contribution in [0, 0.1) is 13.8 Å². The molecule has 1 aliphatic heterocycles. The lowest BCUT2D eigenvalue weighted by molar-refractivity contribution is -0.113. The number of fused-ring (bicyclic) bond motifs is 1. The van der Waals surface area contributed by atoms with Crippen molar-refractivity contribution in [3.63, 3.8) is 0 Å². The molecule has 0 saturated heterocycles. The van der Waals surface area contributed by atoms with Crippen molar-refractivity contribution in [3.05, 3.63) is 58.1 Å². The van der Waals surface area contributed by atoms with Crippen molar-refractivity contribution < 1.29 is 4.79 Å². The van der Waals surface area contributed by atoms with Crippen LogP contribution in [0.15, 0.2) is 41.4 Å². The van der Waals surface area contributed by atoms with Gasteiger partial charge in [-0.25, -0.2) is 4.99 Å². The third-order valence-corrected chi connectivity index (χ3v) is 6.12. The van der Waals surface area contributed by atoms with E-state index >= 15 is 0 Å². The number of para-hydroxylation sites is 1. The van der Waals surface area contributed by atoms with E-state index in [0.29, 0.717) is 16.5 Å². The molecule has 1 aliphatic rings. The highest BCUT2D eigenvalue weighted by Crippen LogP contribution is 2.34. The summed E-state index contributed by atoms with van der Waals surface area (Å²) in [7, 11) is 0. The maximum Gasteiger partial charge on any atom is 0.234 e. The molecule has 6 heteroatoms. The molecule has 1 N–H and O–H groups in total. The van der Waals surface area contributed by atoms with Gasteiger partial charge in [-0.3, -0.25) is 4.79 Å². The van der Waals surface area contributed by atoms with E-state index < -0.39 is 0 Å². The summed E-state index contributed by atoms with van der Waals surface area (Å²) >= 11 is 9.36. The van der Waals surface area contributed by atoms with Crippen LogP contribution in [0.1, 0.15) is 16.7 Å². The lowest BCUT2D eigenvalue weighted by atomic mass is 10.1. The Morgan fingerprint density at radius 3 is 2.92 bits per heavy atom. The minimum atomic E-state index is -0.0731. The second kappa shape index (κ2) is 7.64. The van der Waals surface area contributed by atoms with Gasteiger partial charge in [-0.15, -0.1) is 0 Å². The van der Waals surface area contributed by atoms with Crippen LogP contribution in [0.2, 0.25) is 5.02 Å². The highest BCUT2D eigenvalue weighted by Gasteiger charge is 2.15. The zero-order valence-corrected chi connectivity index (χ0v) is 15.8. The van der Waals surface area contributed by atoms with Gasteiger partial charge in [-0.05, 0) is 42.7 Å². The minimum Gasteiger partial charge on any atom is -0.324 e. The van der Waals surface area contributed by atoms with Crippen molar-refractivity contribution in [2.75, 3.05) is 11.1 Å². The van der Waals surface area contributed by atoms with Crippen molar-refractivity contribution in [1.82, 2.24) is 0 Å². The number of anilines is 1. The fourth-order valence-electron chi connectivity index (χ4n) is 2.46. The molecule has 0 fully saturated rings. The van der Waals surface area contributed by atoms with Gasteiger partial charge >= 0.3 is 0 Å². The first kappa shape index (κ1) is 17.4. The Bertz CT molecular complexity index is 797. The van der Waals surface area contributed by atoms with Gasteiger partial charge in [-0.1, -0.05) is 59.4 Å². The largest absolute Gasteiger partial charge is 0.324 e. The maximum absolute atomic E-state index is 12.2. The highest BCUT2D eigenvalue weighted by atomic mass is 35.5. The van der Waals surface area contributed by atoms with Gasteiger partial charge in [0.2, 0.25) is 5.91 Å². The van der Waals surface area contributed by atoms with Crippen molar-refractivity contribution in [3.8, 4) is 0 Å². The fourth-order valence-corrected chi connectivity index (χ4v) is 4.69. The van der Waals surface area contributed by atoms with Crippen LogP contribution in [0.4, 0.5) is 11.4 Å². The molecule has 2 aromatic rings. The second-order valence-corrected chi connectivity index (χ2v) is 8.16. The Balaban J connectivity index is 1.62. The lowest BCUT2D eigenvalue weighted by Gasteiger charge is -2.15. The van der Waals surface area contributed by atoms with Gasteiger partial charge in [0, 0.05) is 5.75 Å². The Morgan fingerprint density at radius 1 is 1.33 bits per heavy atom. The van der Waals surface area contributed by atoms with Crippen molar-refractivity contribution in [2.45, 2.75) is 19.6 Å². The maximum atomic E-state index is 12.2. The molecular formula is C18H17ClN2OS2. The van der Waals surface area contributed by atoms with Gasteiger partial charge in [-0.2, -0.15) is 0 Å². The highest BCUT2D eigenvalue weighted by molar-refractivity contribution is 8.38. The number of hydrogen-bond acceptors (Lipinski definition) is 4. The summed E-state index contributed by atoms with van der Waals surface area (Å²) < 4.78 is 0.926. The quantitative estimate of drug-likeness (QED) is 0.762. The first-order chi connectivity index (χ1) is 11.5. The van der Waals surface area contributed by atoms with Crippen LogP contribution in [-0.2, 0) is 10.5 Å². The monoisotopic (exact) mass is 376 g/mol. The molecule has 1 heterocycles. The molecule has 0 saturated carbocycles. The molecule has 0 unspecified atom stereocenters. The summed E-state index contributed by atoms with van der Waals surface area (Å²) in [6, 6.07) is 12.0. The summed E-state index contributed by atoms with van der Waals surface area (Å²) in [4.78, 5) is 16.8. The SMILES string of the molecule is Cc1cc(C)c(NC(=O)CSC2=Nc3ccccc3CS2)c(Cl)c1. The smallest absolute Gasteiger partial charge is 0.234 e. The zero-order chi connectivity index (χ0) is 17.1. The van der Waals surface area contributed by atoms with Crippen LogP contribution in [0.5, 0.6) is 0 Å². The summed E-state index contributed by atoms with van der Waals surface area (Å²) in [6.07, 6.45) is 0. The van der Waals surface area contributed by atoms with Crippen LogP contribution in [0.3, 0.4) is 0 Å². The van der Waals surface area contributed by atoms with Crippen LogP contribution >= 0.6 is 35.1 Å². The number of nitrogens with zero attached hydrogens (tertiary/aromatic N) is 1. The van der Waals surface area contributed by atoms with Gasteiger partial charge in [0.05, 0.1) is 22.2 Å². The van der Waals surface area contributed by atoms with Gasteiger partial charge in [0.25, 0.3) is 0 Å². The zero-order valence-electron chi connectivity index (χ0n) is 13.4. The number of carbonyl (C=O) groups excluding carboxylic acids is 1. The molecule has 2 aromatic carbocycles. The molecule has 124 valence electrons. The van der Waals surface area contributed by atoms with Gasteiger partial charge < -0.3 is 5.32 Å². The molecule has 1 amide bonds. The minimum absolute atomic E-state index is 0.0731. The lowest BCUT2D eigenvalue weighted by Crippen LogP contribution is -2.16. The first-order valence-electron chi connectivity index (χ1n) is 7.52. The van der Waals surface area contributed by atoms with E-state index in [0.717, 1.165) is 26.9 Å². The number of aliphatic imine (C=N–C) groups is 1. The average Bonchev–Trinajstić information content (AvgIpc) is 2.56. The Hall–Kier alpha value is -1.43. The summed E-state index contributed by atoms with van der Waals surface area (Å²) in [6.45, 7) is 3.93. The molecule has 0 aliphatic carbocycles. The van der Waals surface area contributed by atoms with Crippen LogP contribution in [0.25, 0.3) is 0 Å². The molecule has 24 heavy (non-hydrogen) atoms. The predicted molar refractivity (Wildman–Crippen MR) is 107 cm³/mol.